The Morgan fingerprint density at radius 3 is 2.62 bits per heavy atom. The minimum absolute atomic E-state index is 0.0962. The summed E-state index contributed by atoms with van der Waals surface area (Å²) in [6.07, 6.45) is 3.90. The summed E-state index contributed by atoms with van der Waals surface area (Å²) in [4.78, 5) is 19.8. The number of anilines is 1. The summed E-state index contributed by atoms with van der Waals surface area (Å²) < 4.78 is 9.97. The van der Waals surface area contributed by atoms with Crippen LogP contribution in [0.15, 0.2) is 73.1 Å². The van der Waals surface area contributed by atoms with E-state index < -0.39 is 0 Å². The average Bonchev–Trinajstić information content (AvgIpc) is 3.07. The van der Waals surface area contributed by atoms with Gasteiger partial charge in [0.05, 0.1) is 11.0 Å². The summed E-state index contributed by atoms with van der Waals surface area (Å²) in [5, 5.41) is 2.74. The van der Waals surface area contributed by atoms with Crippen molar-refractivity contribution in [3.8, 4) is 11.4 Å². The Kier molecular flexibility index (Phi) is 3.47. The molecule has 1 aliphatic rings. The highest BCUT2D eigenvalue weighted by Crippen LogP contribution is 2.22. The number of rotatable bonds is 3. The summed E-state index contributed by atoms with van der Waals surface area (Å²) in [6.45, 7) is 0. The molecule has 0 saturated carbocycles. The average molecular weight is 319 g/mol. The lowest BCUT2D eigenvalue weighted by Gasteiger charge is -2.10. The highest BCUT2D eigenvalue weighted by Gasteiger charge is 2.13. The molecule has 2 N–H and O–H groups in total. The number of ether oxygens (including phenoxy) is 2. The molecule has 0 spiro atoms. The minimum atomic E-state index is -0.379. The lowest BCUT2D eigenvalue weighted by atomic mass is 10.2. The zero-order valence-electron chi connectivity index (χ0n) is 12.5. The topological polar surface area (TPSA) is 76.2 Å². The molecule has 0 unspecified atom stereocenters. The Labute approximate surface area is 137 Å². The maximum absolute atomic E-state index is 12.0. The van der Waals surface area contributed by atoms with Gasteiger partial charge in [-0.15, -0.1) is 0 Å². The van der Waals surface area contributed by atoms with E-state index in [1.807, 2.05) is 36.4 Å². The van der Waals surface area contributed by atoms with Gasteiger partial charge in [0.15, 0.2) is 0 Å². The summed E-state index contributed by atoms with van der Waals surface area (Å²) in [5.74, 6) is 0.501. The number of carbonyl (C=O) groups is 1. The van der Waals surface area contributed by atoms with Gasteiger partial charge < -0.3 is 19.8 Å². The van der Waals surface area contributed by atoms with Crippen LogP contribution in [-0.4, -0.2) is 15.9 Å². The van der Waals surface area contributed by atoms with Crippen molar-refractivity contribution in [1.29, 1.82) is 0 Å². The molecule has 1 aromatic heterocycles. The number of hydrogen-bond donors (Lipinski definition) is 2. The van der Waals surface area contributed by atoms with Gasteiger partial charge in [-0.3, -0.25) is 4.79 Å². The van der Waals surface area contributed by atoms with Gasteiger partial charge in [0.25, 0.3) is 5.91 Å². The lowest BCUT2D eigenvalue weighted by Crippen LogP contribution is -2.16. The minimum Gasteiger partial charge on any atom is -0.465 e. The molecule has 0 bridgehead atoms. The molecule has 1 aliphatic heterocycles. The summed E-state index contributed by atoms with van der Waals surface area (Å²) in [6, 6.07) is 15.2. The van der Waals surface area contributed by atoms with E-state index in [0.29, 0.717) is 5.69 Å². The molecule has 2 aromatic carbocycles. The van der Waals surface area contributed by atoms with Crippen LogP contribution in [0, 0.1) is 0 Å². The van der Waals surface area contributed by atoms with E-state index in [1.54, 1.807) is 12.1 Å². The largest absolute Gasteiger partial charge is 0.465 e. The third-order valence-corrected chi connectivity index (χ3v) is 3.53. The first kappa shape index (κ1) is 14.1. The predicted octanol–water partition coefficient (Wildman–Crippen LogP) is 3.53. The summed E-state index contributed by atoms with van der Waals surface area (Å²) >= 11 is 0. The quantitative estimate of drug-likeness (QED) is 0.774. The first-order valence-corrected chi connectivity index (χ1v) is 7.33. The third kappa shape index (κ3) is 2.72. The lowest BCUT2D eigenvalue weighted by molar-refractivity contribution is -0.115. The second-order valence-corrected chi connectivity index (χ2v) is 5.14. The zero-order valence-corrected chi connectivity index (χ0v) is 12.5. The maximum Gasteiger partial charge on any atom is 0.294 e. The van der Waals surface area contributed by atoms with Crippen molar-refractivity contribution in [2.24, 2.45) is 0 Å². The molecule has 0 saturated heterocycles. The smallest absolute Gasteiger partial charge is 0.294 e. The number of hydrogen-bond acceptors (Lipinski definition) is 4. The van der Waals surface area contributed by atoms with Crippen molar-refractivity contribution in [2.75, 3.05) is 5.32 Å². The number of H-pyrrole nitrogens is 1. The van der Waals surface area contributed by atoms with E-state index in [1.165, 1.54) is 18.8 Å². The number of aromatic nitrogens is 2. The molecule has 0 fully saturated rings. The third-order valence-electron chi connectivity index (χ3n) is 3.53. The Morgan fingerprint density at radius 1 is 1.04 bits per heavy atom. The first-order valence-electron chi connectivity index (χ1n) is 7.33. The number of imidazole rings is 1. The van der Waals surface area contributed by atoms with Crippen LogP contribution in [0.4, 0.5) is 5.69 Å². The first-order chi connectivity index (χ1) is 11.8. The molecular formula is C18H13N3O3. The van der Waals surface area contributed by atoms with Crippen LogP contribution < -0.4 is 5.32 Å². The molecule has 6 heteroatoms. The number of para-hydroxylation sites is 2. The van der Waals surface area contributed by atoms with Gasteiger partial charge in [-0.05, 0) is 36.4 Å². The van der Waals surface area contributed by atoms with Gasteiger partial charge in [-0.25, -0.2) is 4.98 Å². The van der Waals surface area contributed by atoms with E-state index in [9.17, 15) is 4.79 Å². The summed E-state index contributed by atoms with van der Waals surface area (Å²) in [5.41, 5.74) is 3.49. The molecule has 4 rings (SSSR count). The van der Waals surface area contributed by atoms with Crippen molar-refractivity contribution >= 4 is 22.6 Å². The van der Waals surface area contributed by atoms with Gasteiger partial charge in [0.1, 0.15) is 24.6 Å². The maximum atomic E-state index is 12.0. The molecule has 1 amide bonds. The monoisotopic (exact) mass is 319 g/mol. The van der Waals surface area contributed by atoms with Crippen LogP contribution in [0.2, 0.25) is 0 Å². The van der Waals surface area contributed by atoms with Crippen molar-refractivity contribution in [3.63, 3.8) is 0 Å². The number of aromatic amines is 1. The second kappa shape index (κ2) is 5.92. The normalized spacial score (nSPS) is 13.1. The molecule has 118 valence electrons. The fourth-order valence-electron chi connectivity index (χ4n) is 2.36. The zero-order chi connectivity index (χ0) is 16.4. The van der Waals surface area contributed by atoms with Crippen molar-refractivity contribution in [2.45, 2.75) is 0 Å². The van der Waals surface area contributed by atoms with Crippen molar-refractivity contribution in [3.05, 3.63) is 73.1 Å². The number of fused-ring (bicyclic) bond motifs is 1. The predicted molar refractivity (Wildman–Crippen MR) is 89.6 cm³/mol. The van der Waals surface area contributed by atoms with Crippen LogP contribution in [0.3, 0.4) is 0 Å². The molecule has 24 heavy (non-hydrogen) atoms. The van der Waals surface area contributed by atoms with Gasteiger partial charge in [0, 0.05) is 11.3 Å². The molecule has 0 aliphatic carbocycles. The van der Waals surface area contributed by atoms with Crippen LogP contribution >= 0.6 is 0 Å². The Morgan fingerprint density at radius 2 is 1.88 bits per heavy atom. The Balaban J connectivity index is 1.52. The molecule has 6 nitrogen and oxygen atoms in total. The van der Waals surface area contributed by atoms with Gasteiger partial charge in [-0.2, -0.15) is 0 Å². The van der Waals surface area contributed by atoms with Crippen molar-refractivity contribution < 1.29 is 14.3 Å². The van der Waals surface area contributed by atoms with Crippen LogP contribution in [0.5, 0.6) is 0 Å². The highest BCUT2D eigenvalue weighted by molar-refractivity contribution is 6.02. The van der Waals surface area contributed by atoms with E-state index in [2.05, 4.69) is 15.3 Å². The van der Waals surface area contributed by atoms with Crippen LogP contribution in [-0.2, 0) is 14.3 Å². The Hall–Kier alpha value is -3.54. The van der Waals surface area contributed by atoms with Gasteiger partial charge in [-0.1, -0.05) is 12.1 Å². The Bertz CT molecular complexity index is 922. The number of nitrogens with one attached hydrogen (secondary N) is 2. The number of carbonyl (C=O) groups excluding carboxylic acids is 1. The number of nitrogens with zero attached hydrogens (tertiary/aromatic N) is 1. The fourth-order valence-corrected chi connectivity index (χ4v) is 2.36. The van der Waals surface area contributed by atoms with Gasteiger partial charge >= 0.3 is 0 Å². The molecule has 0 radical (unpaired) electrons. The number of amides is 1. The van der Waals surface area contributed by atoms with E-state index in [0.717, 1.165) is 22.4 Å². The van der Waals surface area contributed by atoms with Gasteiger partial charge in [0.2, 0.25) is 5.76 Å². The van der Waals surface area contributed by atoms with Crippen LogP contribution in [0.25, 0.3) is 22.4 Å². The fraction of sp³-hybridized carbons (Fsp3) is 0. The van der Waals surface area contributed by atoms with Crippen LogP contribution in [0.1, 0.15) is 0 Å². The SMILES string of the molecule is O=C(Nc1ccc(-c2nc3ccccc3[nH]2)cc1)C1=COC=CO1. The van der Waals surface area contributed by atoms with E-state index in [-0.39, 0.29) is 11.7 Å². The molecular weight excluding hydrogens is 306 g/mol. The second-order valence-electron chi connectivity index (χ2n) is 5.14. The molecule has 0 atom stereocenters. The van der Waals surface area contributed by atoms with E-state index in [4.69, 9.17) is 9.47 Å². The van der Waals surface area contributed by atoms with Crippen molar-refractivity contribution in [1.82, 2.24) is 9.97 Å². The standard InChI is InChI=1S/C18H13N3O3/c22-18(16-11-23-9-10-24-16)19-13-7-5-12(6-8-13)17-20-14-3-1-2-4-15(14)21-17/h1-11H,(H,19,22)(H,20,21). The number of benzene rings is 2. The summed E-state index contributed by atoms with van der Waals surface area (Å²) in [7, 11) is 0. The molecule has 3 aromatic rings. The molecule has 2 heterocycles. The van der Waals surface area contributed by atoms with E-state index >= 15 is 0 Å². The highest BCUT2D eigenvalue weighted by atomic mass is 16.5.